The summed E-state index contributed by atoms with van der Waals surface area (Å²) in [5.41, 5.74) is 13.1. The van der Waals surface area contributed by atoms with Gasteiger partial charge in [0.05, 0.1) is 44.5 Å². The van der Waals surface area contributed by atoms with Crippen LogP contribution < -0.4 is 10.6 Å². The van der Waals surface area contributed by atoms with Crippen LogP contribution in [-0.4, -0.2) is 19.5 Å². The highest BCUT2D eigenvalue weighted by Gasteiger charge is 2.31. The van der Waals surface area contributed by atoms with Gasteiger partial charge < -0.3 is 19.0 Å². The number of fused-ring (bicyclic) bond motifs is 9. The normalized spacial score (nSPS) is 15.5. The van der Waals surface area contributed by atoms with Crippen LogP contribution in [0.3, 0.4) is 0 Å². The maximum absolute atomic E-state index is 5.69. The Bertz CT molecular complexity index is 3600. The molecule has 3 aromatic heterocycles. The minimum absolute atomic E-state index is 0.233. The molecule has 2 N–H and O–H groups in total. The Labute approximate surface area is 363 Å². The molecule has 6 nitrogen and oxygen atoms in total. The lowest BCUT2D eigenvalue weighted by Gasteiger charge is -2.33. The average molecular weight is 809 g/mol. The first kappa shape index (κ1) is 35.6. The summed E-state index contributed by atoms with van der Waals surface area (Å²) in [6.07, 6.45) is -0.560. The quantitative estimate of drug-likeness (QED) is 0.176. The lowest BCUT2D eigenvalue weighted by molar-refractivity contribution is 0.409. The summed E-state index contributed by atoms with van der Waals surface area (Å²) in [6, 6.07) is 78.8. The third-order valence-corrected chi connectivity index (χ3v) is 12.9. The molecule has 6 heteroatoms. The van der Waals surface area contributed by atoms with Crippen LogP contribution in [0.2, 0.25) is 0 Å². The molecule has 2 atom stereocenters. The van der Waals surface area contributed by atoms with E-state index in [0.29, 0.717) is 0 Å². The summed E-state index contributed by atoms with van der Waals surface area (Å²) in [5, 5.41) is 15.1. The molecule has 0 fully saturated rings. The first-order chi connectivity index (χ1) is 31.3. The van der Waals surface area contributed by atoms with Crippen molar-refractivity contribution in [3.05, 3.63) is 235 Å². The number of para-hydroxylation sites is 6. The van der Waals surface area contributed by atoms with Crippen LogP contribution >= 0.6 is 0 Å². The molecule has 1 aliphatic rings. The van der Waals surface area contributed by atoms with Gasteiger partial charge in [0.2, 0.25) is 0 Å². The highest BCUT2D eigenvalue weighted by atomic mass is 15.3. The predicted molar refractivity (Wildman–Crippen MR) is 261 cm³/mol. The largest absolute Gasteiger partial charge is 0.350 e. The summed E-state index contributed by atoms with van der Waals surface area (Å²) in [6.45, 7) is 0. The monoisotopic (exact) mass is 808 g/mol. The molecule has 4 heterocycles. The summed E-state index contributed by atoms with van der Waals surface area (Å²) < 4.78 is 7.40. The van der Waals surface area contributed by atoms with E-state index >= 15 is 0 Å². The lowest BCUT2D eigenvalue weighted by Crippen LogP contribution is -2.45. The van der Waals surface area contributed by atoms with Crippen LogP contribution in [0.25, 0.3) is 82.5 Å². The van der Waals surface area contributed by atoms with E-state index in [-0.39, 0.29) is 12.3 Å². The number of hydrogen-bond acceptors (Lipinski definition) is 3. The predicted octanol–water partition coefficient (Wildman–Crippen LogP) is 13.3. The van der Waals surface area contributed by atoms with Gasteiger partial charge in [0, 0.05) is 43.6 Å². The van der Waals surface area contributed by atoms with Gasteiger partial charge in [-0.25, -0.2) is 4.99 Å². The Kier molecular flexibility index (Phi) is 8.01. The van der Waals surface area contributed by atoms with Crippen molar-refractivity contribution in [2.24, 2.45) is 4.99 Å². The third-order valence-electron chi connectivity index (χ3n) is 12.9. The van der Waals surface area contributed by atoms with Crippen LogP contribution in [0.15, 0.2) is 223 Å². The van der Waals surface area contributed by atoms with Crippen LogP contribution in [0.5, 0.6) is 0 Å². The van der Waals surface area contributed by atoms with E-state index in [1.165, 1.54) is 32.3 Å². The molecule has 63 heavy (non-hydrogen) atoms. The second kappa shape index (κ2) is 14.2. The minimum atomic E-state index is -0.327. The van der Waals surface area contributed by atoms with Gasteiger partial charge >= 0.3 is 0 Å². The van der Waals surface area contributed by atoms with E-state index in [0.717, 1.165) is 72.7 Å². The number of amidine groups is 1. The molecule has 0 saturated carbocycles. The van der Waals surface area contributed by atoms with Gasteiger partial charge in [-0.3, -0.25) is 5.32 Å². The highest BCUT2D eigenvalue weighted by Crippen LogP contribution is 2.43. The van der Waals surface area contributed by atoms with Crippen molar-refractivity contribution < 1.29 is 0 Å². The van der Waals surface area contributed by atoms with Gasteiger partial charge in [0.1, 0.15) is 18.2 Å². The van der Waals surface area contributed by atoms with Gasteiger partial charge in [-0.05, 0) is 59.7 Å². The van der Waals surface area contributed by atoms with Gasteiger partial charge in [-0.2, -0.15) is 0 Å². The minimum Gasteiger partial charge on any atom is -0.350 e. The van der Waals surface area contributed by atoms with Crippen molar-refractivity contribution in [1.82, 2.24) is 24.3 Å². The smallest absolute Gasteiger partial charge is 0.134 e. The van der Waals surface area contributed by atoms with E-state index in [4.69, 9.17) is 4.99 Å². The molecule has 12 aromatic rings. The Morgan fingerprint density at radius 2 is 0.746 bits per heavy atom. The van der Waals surface area contributed by atoms with Gasteiger partial charge in [-0.15, -0.1) is 0 Å². The molecule has 0 spiro atoms. The van der Waals surface area contributed by atoms with Crippen molar-refractivity contribution in [3.63, 3.8) is 0 Å². The van der Waals surface area contributed by atoms with E-state index in [2.05, 4.69) is 243 Å². The second-order valence-electron chi connectivity index (χ2n) is 16.4. The number of aliphatic imine (C=N–C) groups is 1. The molecule has 298 valence electrons. The molecule has 0 radical (unpaired) electrons. The fourth-order valence-corrected chi connectivity index (χ4v) is 10.2. The highest BCUT2D eigenvalue weighted by molar-refractivity contribution is 6.15. The van der Waals surface area contributed by atoms with E-state index in [1.54, 1.807) is 0 Å². The number of hydrogen-bond donors (Lipinski definition) is 2. The molecule has 0 aliphatic carbocycles. The Balaban J connectivity index is 1.23. The van der Waals surface area contributed by atoms with Crippen LogP contribution in [0, 0.1) is 0 Å². The van der Waals surface area contributed by atoms with Crippen molar-refractivity contribution in [3.8, 4) is 17.1 Å². The Morgan fingerprint density at radius 1 is 0.365 bits per heavy atom. The van der Waals surface area contributed by atoms with E-state index in [9.17, 15) is 0 Å². The third kappa shape index (κ3) is 5.52. The molecule has 2 unspecified atom stereocenters. The van der Waals surface area contributed by atoms with Crippen molar-refractivity contribution in [2.75, 3.05) is 0 Å². The first-order valence-corrected chi connectivity index (χ1v) is 21.6. The van der Waals surface area contributed by atoms with Crippen LogP contribution in [-0.2, 0) is 0 Å². The number of nitrogens with one attached hydrogen (secondary N) is 2. The van der Waals surface area contributed by atoms with E-state index in [1.807, 2.05) is 0 Å². The number of aromatic nitrogens is 3. The number of benzene rings is 9. The number of nitrogens with zero attached hydrogens (tertiary/aromatic N) is 4. The van der Waals surface area contributed by atoms with Crippen molar-refractivity contribution in [2.45, 2.75) is 12.3 Å². The molecule has 13 rings (SSSR count). The fourth-order valence-electron chi connectivity index (χ4n) is 10.2. The SMILES string of the molecule is c1ccc(C2N=C(c3cc(-n4c5ccccc5c5ccccc54)cc(-n4c5ccccc5c5ccccc54)c3-n3c4ccccc4c4ccccc43)NC(c3ccccc3)N2)cc1. The fraction of sp³-hybridized carbons (Fsp3) is 0.0351. The first-order valence-electron chi connectivity index (χ1n) is 21.6. The summed E-state index contributed by atoms with van der Waals surface area (Å²) >= 11 is 0. The maximum atomic E-state index is 5.69. The lowest BCUT2D eigenvalue weighted by atomic mass is 10.0. The van der Waals surface area contributed by atoms with Crippen molar-refractivity contribution in [1.29, 1.82) is 0 Å². The molecule has 9 aromatic carbocycles. The zero-order valence-electron chi connectivity index (χ0n) is 34.2. The summed E-state index contributed by atoms with van der Waals surface area (Å²) in [4.78, 5) is 5.69. The van der Waals surface area contributed by atoms with Crippen LogP contribution in [0.1, 0.15) is 29.0 Å². The molecule has 0 bridgehead atoms. The Hall–Kier alpha value is -8.19. The molecular formula is C57H40N6. The molecule has 1 aliphatic heterocycles. The molecule has 0 saturated heterocycles. The van der Waals surface area contributed by atoms with Gasteiger partial charge in [0.15, 0.2) is 0 Å². The standard InChI is InChI=1S/C57H40N6/c1-3-19-37(20-4-1)55-58-56(38-21-5-2-6-22-38)60-57(59-55)46-35-39(61-47-29-13-7-23-40(47)41-24-8-14-30-48(41)61)36-53(62-49-31-15-9-25-42(49)43-26-10-16-32-50(43)62)54(46)63-51-33-17-11-27-44(51)45-28-12-18-34-52(45)63/h1-36,55-56,58H,(H,59,60). The zero-order valence-corrected chi connectivity index (χ0v) is 34.2. The summed E-state index contributed by atoms with van der Waals surface area (Å²) in [5.74, 6) is 0.804. The maximum Gasteiger partial charge on any atom is 0.134 e. The van der Waals surface area contributed by atoms with Gasteiger partial charge in [-0.1, -0.05) is 170 Å². The number of rotatable bonds is 6. The zero-order chi connectivity index (χ0) is 41.4. The Morgan fingerprint density at radius 3 is 1.21 bits per heavy atom. The van der Waals surface area contributed by atoms with E-state index < -0.39 is 0 Å². The second-order valence-corrected chi connectivity index (χ2v) is 16.4. The molecular weight excluding hydrogens is 769 g/mol. The topological polar surface area (TPSA) is 51.2 Å². The molecule has 0 amide bonds. The van der Waals surface area contributed by atoms with Gasteiger partial charge in [0.25, 0.3) is 0 Å². The average Bonchev–Trinajstić information content (AvgIpc) is 4.00. The summed E-state index contributed by atoms with van der Waals surface area (Å²) in [7, 11) is 0. The van der Waals surface area contributed by atoms with Crippen molar-refractivity contribution >= 4 is 71.3 Å². The van der Waals surface area contributed by atoms with Crippen LogP contribution in [0.4, 0.5) is 0 Å².